The van der Waals surface area contributed by atoms with Crippen molar-refractivity contribution in [2.75, 3.05) is 0 Å². The predicted molar refractivity (Wildman–Crippen MR) is 69.1 cm³/mol. The lowest BCUT2D eigenvalue weighted by Gasteiger charge is -1.88. The normalized spacial score (nSPS) is 8.73. The second kappa shape index (κ2) is 9.00. The number of nitrogens with one attached hydrogen (secondary N) is 1. The summed E-state index contributed by atoms with van der Waals surface area (Å²) < 4.78 is 0. The van der Waals surface area contributed by atoms with E-state index in [4.69, 9.17) is 0 Å². The molecule has 0 saturated carbocycles. The highest BCUT2D eigenvalue weighted by Gasteiger charge is 2.00. The molecule has 1 N–H and O–H groups in total. The number of hydrogen-bond acceptors (Lipinski definition) is 1. The Morgan fingerprint density at radius 2 is 2.00 bits per heavy atom. The lowest BCUT2D eigenvalue weighted by molar-refractivity contribution is 0.111. The molecule has 0 aromatic carbocycles. The molecule has 0 aliphatic carbocycles. The molecule has 2 heteroatoms. The summed E-state index contributed by atoms with van der Waals surface area (Å²) in [4.78, 5) is 13.4. The highest BCUT2D eigenvalue weighted by Crippen LogP contribution is 2.12. The van der Waals surface area contributed by atoms with E-state index in [2.05, 4.69) is 11.6 Å². The molecule has 0 spiro atoms. The fraction of sp³-hybridized carbons (Fsp3) is 0.308. The standard InChI is InChI=1S/C10H11NO.C2H6.CH4/c1-3-5-10-8(4-2)6-9(7-12)11-10;1-2;/h3-7,11H,2H2,1H3;1-2H3;1H4/b5-3-;;. The minimum absolute atomic E-state index is 0. The number of allylic oxidation sites excluding steroid dienone is 1. The highest BCUT2D eigenvalue weighted by molar-refractivity contribution is 5.77. The fourth-order valence-electron chi connectivity index (χ4n) is 1.05. The second-order valence-corrected chi connectivity index (χ2v) is 2.42. The van der Waals surface area contributed by atoms with Crippen molar-refractivity contribution in [1.82, 2.24) is 4.98 Å². The monoisotopic (exact) mass is 207 g/mol. The van der Waals surface area contributed by atoms with Gasteiger partial charge >= 0.3 is 0 Å². The molecule has 15 heavy (non-hydrogen) atoms. The van der Waals surface area contributed by atoms with E-state index in [9.17, 15) is 4.79 Å². The number of aromatic nitrogens is 1. The van der Waals surface area contributed by atoms with E-state index in [1.807, 2.05) is 32.9 Å². The molecule has 1 aromatic rings. The lowest BCUT2D eigenvalue weighted by atomic mass is 10.2. The van der Waals surface area contributed by atoms with Crippen LogP contribution in [-0.4, -0.2) is 11.3 Å². The average Bonchev–Trinajstić information content (AvgIpc) is 2.64. The van der Waals surface area contributed by atoms with Crippen molar-refractivity contribution < 1.29 is 4.79 Å². The van der Waals surface area contributed by atoms with Gasteiger partial charge in [0.25, 0.3) is 0 Å². The Kier molecular flexibility index (Phi) is 9.53. The molecule has 84 valence electrons. The maximum Gasteiger partial charge on any atom is 0.166 e. The topological polar surface area (TPSA) is 32.9 Å². The van der Waals surface area contributed by atoms with Crippen molar-refractivity contribution in [3.05, 3.63) is 35.7 Å². The Bertz CT molecular complexity index is 321. The van der Waals surface area contributed by atoms with E-state index in [1.54, 1.807) is 12.1 Å². The summed E-state index contributed by atoms with van der Waals surface area (Å²) in [6.45, 7) is 9.58. The third-order valence-electron chi connectivity index (χ3n) is 1.58. The highest BCUT2D eigenvalue weighted by atomic mass is 16.1. The first kappa shape index (κ1) is 15.9. The Labute approximate surface area is 92.7 Å². The average molecular weight is 207 g/mol. The van der Waals surface area contributed by atoms with Crippen molar-refractivity contribution in [2.24, 2.45) is 0 Å². The third kappa shape index (κ3) is 4.45. The van der Waals surface area contributed by atoms with Gasteiger partial charge in [0.2, 0.25) is 0 Å². The van der Waals surface area contributed by atoms with Crippen molar-refractivity contribution in [3.63, 3.8) is 0 Å². The van der Waals surface area contributed by atoms with Crippen molar-refractivity contribution in [2.45, 2.75) is 28.2 Å². The Morgan fingerprint density at radius 1 is 1.40 bits per heavy atom. The van der Waals surface area contributed by atoms with Gasteiger partial charge in [0.1, 0.15) is 0 Å². The third-order valence-corrected chi connectivity index (χ3v) is 1.58. The first-order chi connectivity index (χ1) is 6.81. The van der Waals surface area contributed by atoms with E-state index in [1.165, 1.54) is 0 Å². The number of aldehydes is 1. The summed E-state index contributed by atoms with van der Waals surface area (Å²) in [6, 6.07) is 1.77. The van der Waals surface area contributed by atoms with E-state index in [-0.39, 0.29) is 7.43 Å². The first-order valence-corrected chi connectivity index (χ1v) is 4.75. The van der Waals surface area contributed by atoms with Crippen molar-refractivity contribution >= 4 is 18.4 Å². The lowest BCUT2D eigenvalue weighted by Crippen LogP contribution is -1.77. The molecular weight excluding hydrogens is 186 g/mol. The molecule has 0 atom stereocenters. The minimum atomic E-state index is 0. The SMILES string of the molecule is C.C=Cc1cc(C=O)[nH]c1/C=C\C.CC. The van der Waals surface area contributed by atoms with Gasteiger partial charge in [-0.2, -0.15) is 0 Å². The second-order valence-electron chi connectivity index (χ2n) is 2.42. The number of rotatable bonds is 3. The van der Waals surface area contributed by atoms with Crippen LogP contribution < -0.4 is 0 Å². The van der Waals surface area contributed by atoms with Crippen molar-refractivity contribution in [3.8, 4) is 0 Å². The summed E-state index contributed by atoms with van der Waals surface area (Å²) in [7, 11) is 0. The molecule has 0 bridgehead atoms. The van der Waals surface area contributed by atoms with Gasteiger partial charge < -0.3 is 4.98 Å². The summed E-state index contributed by atoms with van der Waals surface area (Å²) in [5.41, 5.74) is 2.46. The zero-order valence-corrected chi connectivity index (χ0v) is 9.00. The van der Waals surface area contributed by atoms with Crippen LogP contribution in [0.15, 0.2) is 18.7 Å². The molecule has 0 aliphatic rings. The number of aromatic amines is 1. The van der Waals surface area contributed by atoms with Crippen molar-refractivity contribution in [1.29, 1.82) is 0 Å². The van der Waals surface area contributed by atoms with Crippen LogP contribution >= 0.6 is 0 Å². The van der Waals surface area contributed by atoms with E-state index in [0.717, 1.165) is 17.5 Å². The molecule has 0 amide bonds. The first-order valence-electron chi connectivity index (χ1n) is 4.75. The molecule has 0 fully saturated rings. The molecular formula is C13H21NO. The quantitative estimate of drug-likeness (QED) is 0.741. The van der Waals surface area contributed by atoms with Crippen LogP contribution in [0.1, 0.15) is 49.9 Å². The zero-order chi connectivity index (χ0) is 11.0. The molecule has 2 nitrogen and oxygen atoms in total. The van der Waals surface area contributed by atoms with Crippen LogP contribution in [0.25, 0.3) is 12.2 Å². The summed E-state index contributed by atoms with van der Waals surface area (Å²) in [5.74, 6) is 0. The predicted octanol–water partition coefficient (Wildman–Crippen LogP) is 4.17. The molecule has 0 saturated heterocycles. The van der Waals surface area contributed by atoms with Gasteiger partial charge in [-0.05, 0) is 24.6 Å². The smallest absolute Gasteiger partial charge is 0.166 e. The van der Waals surface area contributed by atoms with Gasteiger partial charge in [-0.25, -0.2) is 0 Å². The van der Waals surface area contributed by atoms with Crippen LogP contribution in [0.3, 0.4) is 0 Å². The Morgan fingerprint density at radius 3 is 2.40 bits per heavy atom. The fourth-order valence-corrected chi connectivity index (χ4v) is 1.05. The van der Waals surface area contributed by atoms with Gasteiger partial charge in [-0.3, -0.25) is 4.79 Å². The Hall–Kier alpha value is -1.57. The Balaban J connectivity index is 0. The number of carbonyl (C=O) groups is 1. The summed E-state index contributed by atoms with van der Waals surface area (Å²) in [6.07, 6.45) is 6.33. The summed E-state index contributed by atoms with van der Waals surface area (Å²) in [5, 5.41) is 0. The maximum atomic E-state index is 10.4. The van der Waals surface area contributed by atoms with Crippen LogP contribution in [0, 0.1) is 0 Å². The van der Waals surface area contributed by atoms with E-state index >= 15 is 0 Å². The molecule has 0 unspecified atom stereocenters. The molecule has 1 aromatic heterocycles. The summed E-state index contributed by atoms with van der Waals surface area (Å²) >= 11 is 0. The molecule has 0 aliphatic heterocycles. The van der Waals surface area contributed by atoms with Crippen LogP contribution in [-0.2, 0) is 0 Å². The maximum absolute atomic E-state index is 10.4. The zero-order valence-electron chi connectivity index (χ0n) is 9.00. The molecule has 1 rings (SSSR count). The van der Waals surface area contributed by atoms with Crippen LogP contribution in [0.4, 0.5) is 0 Å². The largest absolute Gasteiger partial charge is 0.352 e. The van der Waals surface area contributed by atoms with E-state index < -0.39 is 0 Å². The molecule has 0 radical (unpaired) electrons. The van der Waals surface area contributed by atoms with Gasteiger partial charge in [-0.15, -0.1) is 0 Å². The van der Waals surface area contributed by atoms with Crippen LogP contribution in [0.2, 0.25) is 0 Å². The number of H-pyrrole nitrogens is 1. The molecule has 1 heterocycles. The number of carbonyl (C=O) groups excluding carboxylic acids is 1. The van der Waals surface area contributed by atoms with E-state index in [0.29, 0.717) is 5.69 Å². The van der Waals surface area contributed by atoms with Gasteiger partial charge in [0, 0.05) is 5.69 Å². The van der Waals surface area contributed by atoms with Gasteiger partial charge in [0.15, 0.2) is 6.29 Å². The van der Waals surface area contributed by atoms with Gasteiger partial charge in [-0.1, -0.05) is 40.0 Å². The number of hydrogen-bond donors (Lipinski definition) is 1. The van der Waals surface area contributed by atoms with Crippen LogP contribution in [0.5, 0.6) is 0 Å². The van der Waals surface area contributed by atoms with Gasteiger partial charge in [0.05, 0.1) is 5.69 Å². The minimum Gasteiger partial charge on any atom is -0.352 e.